The first kappa shape index (κ1) is 14.1. The highest BCUT2D eigenvalue weighted by atomic mass is 16.1. The number of carbonyl (C=O) groups excluding carboxylic acids is 1. The minimum absolute atomic E-state index is 0.0435. The molecule has 0 heterocycles. The Morgan fingerprint density at radius 3 is 2.40 bits per heavy atom. The highest BCUT2D eigenvalue weighted by molar-refractivity contribution is 5.83. The lowest BCUT2D eigenvalue weighted by molar-refractivity contribution is -0.122. The number of para-hydroxylation sites is 1. The molecule has 0 aromatic heterocycles. The van der Waals surface area contributed by atoms with Crippen LogP contribution in [0.3, 0.4) is 0 Å². The van der Waals surface area contributed by atoms with E-state index in [-0.39, 0.29) is 11.8 Å². The van der Waals surface area contributed by atoms with E-state index in [4.69, 9.17) is 5.73 Å². The Hall–Kier alpha value is -2.29. The molecule has 0 aliphatic rings. The minimum Gasteiger partial charge on any atom is -0.398 e. The molecular weight excluding hydrogens is 248 g/mol. The predicted octanol–water partition coefficient (Wildman–Crippen LogP) is 3.08. The summed E-state index contributed by atoms with van der Waals surface area (Å²) < 4.78 is 0. The maximum atomic E-state index is 12.3. The third kappa shape index (κ3) is 3.38. The van der Waals surface area contributed by atoms with E-state index in [0.29, 0.717) is 12.2 Å². The molecule has 0 saturated carbocycles. The first-order valence-corrected chi connectivity index (χ1v) is 6.88. The standard InChI is InChI=1S/C17H20N2O/c1-2-15(13-8-4-3-5-9-13)17(20)19-12-14-10-6-7-11-16(14)18/h3-11,15H,2,12,18H2,1H3,(H,19,20). The Kier molecular flexibility index (Phi) is 4.77. The molecule has 0 aliphatic heterocycles. The fourth-order valence-corrected chi connectivity index (χ4v) is 2.26. The molecule has 3 heteroatoms. The van der Waals surface area contributed by atoms with Gasteiger partial charge in [0.15, 0.2) is 0 Å². The summed E-state index contributed by atoms with van der Waals surface area (Å²) in [5.74, 6) is -0.0666. The molecule has 20 heavy (non-hydrogen) atoms. The zero-order chi connectivity index (χ0) is 14.4. The number of benzene rings is 2. The molecule has 0 aliphatic carbocycles. The van der Waals surface area contributed by atoms with Crippen LogP contribution in [0.1, 0.15) is 30.4 Å². The van der Waals surface area contributed by atoms with Gasteiger partial charge in [0.2, 0.25) is 5.91 Å². The Bertz CT molecular complexity index is 566. The van der Waals surface area contributed by atoms with Crippen LogP contribution < -0.4 is 11.1 Å². The van der Waals surface area contributed by atoms with Crippen molar-refractivity contribution in [2.75, 3.05) is 5.73 Å². The highest BCUT2D eigenvalue weighted by Gasteiger charge is 2.17. The Morgan fingerprint density at radius 1 is 1.10 bits per heavy atom. The van der Waals surface area contributed by atoms with Crippen molar-refractivity contribution < 1.29 is 4.79 Å². The van der Waals surface area contributed by atoms with E-state index in [1.807, 2.05) is 61.5 Å². The zero-order valence-electron chi connectivity index (χ0n) is 11.7. The first-order chi connectivity index (χ1) is 9.72. The molecule has 2 aromatic carbocycles. The maximum absolute atomic E-state index is 12.3. The number of anilines is 1. The van der Waals surface area contributed by atoms with Gasteiger partial charge in [-0.3, -0.25) is 4.79 Å². The van der Waals surface area contributed by atoms with Crippen molar-refractivity contribution in [1.82, 2.24) is 5.32 Å². The molecule has 0 spiro atoms. The third-order valence-corrected chi connectivity index (χ3v) is 3.43. The average molecular weight is 268 g/mol. The molecule has 0 saturated heterocycles. The first-order valence-electron chi connectivity index (χ1n) is 6.88. The van der Waals surface area contributed by atoms with E-state index in [9.17, 15) is 4.79 Å². The second kappa shape index (κ2) is 6.75. The topological polar surface area (TPSA) is 55.1 Å². The summed E-state index contributed by atoms with van der Waals surface area (Å²) in [6.07, 6.45) is 0.778. The molecule has 2 rings (SSSR count). The summed E-state index contributed by atoms with van der Waals surface area (Å²) in [7, 11) is 0. The van der Waals surface area contributed by atoms with Crippen molar-refractivity contribution in [1.29, 1.82) is 0 Å². The van der Waals surface area contributed by atoms with Gasteiger partial charge in [0, 0.05) is 12.2 Å². The molecule has 3 nitrogen and oxygen atoms in total. The second-order valence-corrected chi connectivity index (χ2v) is 4.79. The summed E-state index contributed by atoms with van der Waals surface area (Å²) in [5, 5.41) is 2.97. The van der Waals surface area contributed by atoms with Crippen LogP contribution in [0, 0.1) is 0 Å². The lowest BCUT2D eigenvalue weighted by Gasteiger charge is -2.16. The number of nitrogens with two attached hydrogens (primary N) is 1. The summed E-state index contributed by atoms with van der Waals surface area (Å²) in [6.45, 7) is 2.49. The van der Waals surface area contributed by atoms with E-state index in [0.717, 1.165) is 17.5 Å². The van der Waals surface area contributed by atoms with E-state index in [2.05, 4.69) is 5.32 Å². The summed E-state index contributed by atoms with van der Waals surface area (Å²) >= 11 is 0. The van der Waals surface area contributed by atoms with E-state index in [1.54, 1.807) is 0 Å². The van der Waals surface area contributed by atoms with Crippen molar-refractivity contribution in [3.05, 3.63) is 65.7 Å². The van der Waals surface area contributed by atoms with Crippen LogP contribution in [-0.2, 0) is 11.3 Å². The average Bonchev–Trinajstić information content (AvgIpc) is 2.48. The van der Waals surface area contributed by atoms with Crippen LogP contribution in [-0.4, -0.2) is 5.91 Å². The summed E-state index contributed by atoms with van der Waals surface area (Å²) in [4.78, 5) is 12.3. The van der Waals surface area contributed by atoms with Crippen molar-refractivity contribution in [3.63, 3.8) is 0 Å². The van der Waals surface area contributed by atoms with Crippen molar-refractivity contribution >= 4 is 11.6 Å². The smallest absolute Gasteiger partial charge is 0.227 e. The minimum atomic E-state index is -0.110. The summed E-state index contributed by atoms with van der Waals surface area (Å²) in [5.41, 5.74) is 8.58. The Labute approximate surface area is 119 Å². The second-order valence-electron chi connectivity index (χ2n) is 4.79. The maximum Gasteiger partial charge on any atom is 0.227 e. The molecule has 3 N–H and O–H groups in total. The molecule has 0 radical (unpaired) electrons. The summed E-state index contributed by atoms with van der Waals surface area (Å²) in [6, 6.07) is 17.4. The monoisotopic (exact) mass is 268 g/mol. The Balaban J connectivity index is 2.02. The normalized spacial score (nSPS) is 11.8. The van der Waals surface area contributed by atoms with Crippen LogP contribution >= 0.6 is 0 Å². The van der Waals surface area contributed by atoms with Gasteiger partial charge in [0.05, 0.1) is 5.92 Å². The lowest BCUT2D eigenvalue weighted by atomic mass is 9.95. The van der Waals surface area contributed by atoms with Gasteiger partial charge in [-0.15, -0.1) is 0 Å². The van der Waals surface area contributed by atoms with Crippen molar-refractivity contribution in [2.45, 2.75) is 25.8 Å². The van der Waals surface area contributed by atoms with Gasteiger partial charge < -0.3 is 11.1 Å². The molecule has 2 aromatic rings. The van der Waals surface area contributed by atoms with Gasteiger partial charge in [0.1, 0.15) is 0 Å². The largest absolute Gasteiger partial charge is 0.398 e. The van der Waals surface area contributed by atoms with Crippen LogP contribution in [0.5, 0.6) is 0 Å². The highest BCUT2D eigenvalue weighted by Crippen LogP contribution is 2.19. The van der Waals surface area contributed by atoms with Crippen LogP contribution in [0.15, 0.2) is 54.6 Å². The van der Waals surface area contributed by atoms with Crippen LogP contribution in [0.25, 0.3) is 0 Å². The van der Waals surface area contributed by atoms with Crippen LogP contribution in [0.2, 0.25) is 0 Å². The SMILES string of the molecule is CCC(C(=O)NCc1ccccc1N)c1ccccc1. The molecule has 0 bridgehead atoms. The molecule has 1 atom stereocenters. The van der Waals surface area contributed by atoms with Gasteiger partial charge in [-0.2, -0.15) is 0 Å². The number of nitrogen functional groups attached to an aromatic ring is 1. The molecule has 1 unspecified atom stereocenters. The number of amides is 1. The molecule has 0 fully saturated rings. The van der Waals surface area contributed by atoms with E-state index < -0.39 is 0 Å². The van der Waals surface area contributed by atoms with Gasteiger partial charge in [-0.25, -0.2) is 0 Å². The van der Waals surface area contributed by atoms with Gasteiger partial charge in [0.25, 0.3) is 0 Å². The van der Waals surface area contributed by atoms with Crippen molar-refractivity contribution in [3.8, 4) is 0 Å². The quantitative estimate of drug-likeness (QED) is 0.819. The van der Waals surface area contributed by atoms with Gasteiger partial charge >= 0.3 is 0 Å². The van der Waals surface area contributed by atoms with Crippen molar-refractivity contribution in [2.24, 2.45) is 0 Å². The molecular formula is C17H20N2O. The number of nitrogens with one attached hydrogen (secondary N) is 1. The van der Waals surface area contributed by atoms with Gasteiger partial charge in [-0.05, 0) is 23.6 Å². The lowest BCUT2D eigenvalue weighted by Crippen LogP contribution is -2.29. The van der Waals surface area contributed by atoms with Crippen LogP contribution in [0.4, 0.5) is 5.69 Å². The fourth-order valence-electron chi connectivity index (χ4n) is 2.26. The molecule has 104 valence electrons. The van der Waals surface area contributed by atoms with Gasteiger partial charge in [-0.1, -0.05) is 55.5 Å². The zero-order valence-corrected chi connectivity index (χ0v) is 11.7. The third-order valence-electron chi connectivity index (χ3n) is 3.43. The van der Waals surface area contributed by atoms with E-state index >= 15 is 0 Å². The predicted molar refractivity (Wildman–Crippen MR) is 82.2 cm³/mol. The Morgan fingerprint density at radius 2 is 1.75 bits per heavy atom. The number of hydrogen-bond acceptors (Lipinski definition) is 2. The number of rotatable bonds is 5. The van der Waals surface area contributed by atoms with E-state index in [1.165, 1.54) is 0 Å². The molecule has 1 amide bonds. The fraction of sp³-hybridized carbons (Fsp3) is 0.235. The number of hydrogen-bond donors (Lipinski definition) is 2. The number of carbonyl (C=O) groups is 1.